The van der Waals surface area contributed by atoms with Crippen molar-refractivity contribution in [1.82, 2.24) is 15.3 Å². The van der Waals surface area contributed by atoms with E-state index in [0.717, 1.165) is 16.6 Å². The number of halogens is 1. The van der Waals surface area contributed by atoms with E-state index in [1.54, 1.807) is 18.6 Å². The van der Waals surface area contributed by atoms with Gasteiger partial charge in [0, 0.05) is 29.3 Å². The summed E-state index contributed by atoms with van der Waals surface area (Å²) >= 11 is 3.35. The number of imidazole rings is 1. The number of carbonyl (C=O) groups is 1. The average molecular weight is 294 g/mol. The van der Waals surface area contributed by atoms with Gasteiger partial charge in [0.15, 0.2) is 0 Å². The van der Waals surface area contributed by atoms with Crippen molar-refractivity contribution in [2.24, 2.45) is 0 Å². The molecule has 0 atom stereocenters. The molecule has 0 aliphatic heterocycles. The first-order valence-electron chi connectivity index (χ1n) is 5.27. The van der Waals surface area contributed by atoms with E-state index >= 15 is 0 Å². The van der Waals surface area contributed by atoms with Gasteiger partial charge in [0.2, 0.25) is 0 Å². The normalized spacial score (nSPS) is 10.2. The highest BCUT2D eigenvalue weighted by molar-refractivity contribution is 9.10. The molecule has 0 fully saturated rings. The summed E-state index contributed by atoms with van der Waals surface area (Å²) in [5.41, 5.74) is 1.66. The smallest absolute Gasteiger partial charge is 0.252 e. The van der Waals surface area contributed by atoms with Crippen LogP contribution in [-0.4, -0.2) is 22.4 Å². The molecule has 2 N–H and O–H groups in total. The molecule has 0 saturated heterocycles. The van der Waals surface area contributed by atoms with Crippen LogP contribution in [0.5, 0.6) is 0 Å². The summed E-state index contributed by atoms with van der Waals surface area (Å²) in [6, 6.07) is 7.36. The van der Waals surface area contributed by atoms with E-state index in [1.807, 2.05) is 18.2 Å². The van der Waals surface area contributed by atoms with Crippen LogP contribution in [0.25, 0.3) is 0 Å². The number of nitrogens with one attached hydrogen (secondary N) is 2. The molecule has 1 heterocycles. The summed E-state index contributed by atoms with van der Waals surface area (Å²) < 4.78 is 0.805. The Balaban J connectivity index is 1.88. The molecule has 0 saturated carbocycles. The van der Waals surface area contributed by atoms with E-state index in [2.05, 4.69) is 31.2 Å². The molecule has 1 aromatic carbocycles. The Kier molecular flexibility index (Phi) is 3.93. The highest BCUT2D eigenvalue weighted by atomic mass is 79.9. The third-order valence-corrected chi connectivity index (χ3v) is 3.04. The van der Waals surface area contributed by atoms with Crippen LogP contribution in [-0.2, 0) is 6.42 Å². The van der Waals surface area contributed by atoms with Crippen molar-refractivity contribution >= 4 is 21.8 Å². The van der Waals surface area contributed by atoms with Crippen LogP contribution in [0.2, 0.25) is 0 Å². The second-order valence-corrected chi connectivity index (χ2v) is 4.42. The number of rotatable bonds is 4. The predicted octanol–water partition coefficient (Wildman–Crippen LogP) is 2.14. The Labute approximate surface area is 108 Å². The lowest BCUT2D eigenvalue weighted by Gasteiger charge is -2.05. The van der Waals surface area contributed by atoms with Gasteiger partial charge in [-0.15, -0.1) is 0 Å². The molecule has 0 bridgehead atoms. The van der Waals surface area contributed by atoms with E-state index in [-0.39, 0.29) is 5.91 Å². The monoisotopic (exact) mass is 293 g/mol. The van der Waals surface area contributed by atoms with Crippen LogP contribution >= 0.6 is 15.9 Å². The third-order valence-electron chi connectivity index (χ3n) is 2.35. The number of benzene rings is 1. The van der Waals surface area contributed by atoms with Crippen molar-refractivity contribution in [3.8, 4) is 0 Å². The molecule has 1 aromatic heterocycles. The van der Waals surface area contributed by atoms with Gasteiger partial charge in [0.25, 0.3) is 5.91 Å². The lowest BCUT2D eigenvalue weighted by Crippen LogP contribution is -2.26. The van der Waals surface area contributed by atoms with Gasteiger partial charge in [-0.25, -0.2) is 4.98 Å². The number of H-pyrrole nitrogens is 1. The van der Waals surface area contributed by atoms with E-state index in [9.17, 15) is 4.79 Å². The Morgan fingerprint density at radius 1 is 1.41 bits per heavy atom. The van der Waals surface area contributed by atoms with Crippen molar-refractivity contribution in [1.29, 1.82) is 0 Å². The molecular formula is C12H12BrN3O. The lowest BCUT2D eigenvalue weighted by atomic mass is 10.2. The predicted molar refractivity (Wildman–Crippen MR) is 68.8 cm³/mol. The summed E-state index contributed by atoms with van der Waals surface area (Å²) in [5, 5.41) is 2.86. The standard InChI is InChI=1S/C12H12BrN3O/c13-11-4-2-1-3-10(11)12(17)15-6-5-9-7-14-8-16-9/h1-4,7-8H,5-6H2,(H,14,16)(H,15,17). The fourth-order valence-corrected chi connectivity index (χ4v) is 1.94. The second kappa shape index (κ2) is 5.63. The lowest BCUT2D eigenvalue weighted by molar-refractivity contribution is 0.0953. The number of amides is 1. The van der Waals surface area contributed by atoms with Gasteiger partial charge in [0.1, 0.15) is 0 Å². The van der Waals surface area contributed by atoms with Gasteiger partial charge in [-0.3, -0.25) is 4.79 Å². The highest BCUT2D eigenvalue weighted by Gasteiger charge is 2.08. The molecule has 0 radical (unpaired) electrons. The first-order chi connectivity index (χ1) is 8.27. The van der Waals surface area contributed by atoms with Crippen molar-refractivity contribution in [3.05, 3.63) is 52.5 Å². The molecule has 0 spiro atoms. The molecule has 5 heteroatoms. The summed E-state index contributed by atoms with van der Waals surface area (Å²) in [6.07, 6.45) is 4.13. The van der Waals surface area contributed by atoms with Crippen molar-refractivity contribution < 1.29 is 4.79 Å². The maximum atomic E-state index is 11.8. The minimum absolute atomic E-state index is 0.0722. The zero-order valence-electron chi connectivity index (χ0n) is 9.11. The van der Waals surface area contributed by atoms with Crippen LogP contribution in [0.15, 0.2) is 41.3 Å². The maximum Gasteiger partial charge on any atom is 0.252 e. The Morgan fingerprint density at radius 3 is 2.94 bits per heavy atom. The average Bonchev–Trinajstić information content (AvgIpc) is 2.82. The van der Waals surface area contributed by atoms with Crippen LogP contribution in [0.3, 0.4) is 0 Å². The number of aromatic amines is 1. The fourth-order valence-electron chi connectivity index (χ4n) is 1.47. The van der Waals surface area contributed by atoms with Gasteiger partial charge in [-0.1, -0.05) is 12.1 Å². The molecule has 17 heavy (non-hydrogen) atoms. The molecule has 0 unspecified atom stereocenters. The fraction of sp³-hybridized carbons (Fsp3) is 0.167. The van der Waals surface area contributed by atoms with Crippen LogP contribution in [0.4, 0.5) is 0 Å². The Bertz CT molecular complexity index is 496. The molecule has 1 amide bonds. The van der Waals surface area contributed by atoms with E-state index in [0.29, 0.717) is 12.1 Å². The van der Waals surface area contributed by atoms with Gasteiger partial charge in [-0.05, 0) is 28.1 Å². The maximum absolute atomic E-state index is 11.8. The summed E-state index contributed by atoms with van der Waals surface area (Å²) in [5.74, 6) is -0.0722. The number of aromatic nitrogens is 2. The number of hydrogen-bond acceptors (Lipinski definition) is 2. The minimum Gasteiger partial charge on any atom is -0.352 e. The SMILES string of the molecule is O=C(NCCc1cnc[nH]1)c1ccccc1Br. The van der Waals surface area contributed by atoms with Gasteiger partial charge in [-0.2, -0.15) is 0 Å². The van der Waals surface area contributed by atoms with E-state index in [4.69, 9.17) is 0 Å². The number of hydrogen-bond donors (Lipinski definition) is 2. The molecular weight excluding hydrogens is 282 g/mol. The van der Waals surface area contributed by atoms with Crippen LogP contribution in [0, 0.1) is 0 Å². The number of nitrogens with zero attached hydrogens (tertiary/aromatic N) is 1. The van der Waals surface area contributed by atoms with Crippen molar-refractivity contribution in [3.63, 3.8) is 0 Å². The second-order valence-electron chi connectivity index (χ2n) is 3.56. The highest BCUT2D eigenvalue weighted by Crippen LogP contribution is 2.15. The molecule has 0 aliphatic carbocycles. The third kappa shape index (κ3) is 3.17. The Hall–Kier alpha value is -1.62. The summed E-state index contributed by atoms with van der Waals surface area (Å²) in [6.45, 7) is 0.586. The molecule has 2 aromatic rings. The summed E-state index contributed by atoms with van der Waals surface area (Å²) in [7, 11) is 0. The zero-order valence-corrected chi connectivity index (χ0v) is 10.7. The van der Waals surface area contributed by atoms with E-state index < -0.39 is 0 Å². The molecule has 88 valence electrons. The topological polar surface area (TPSA) is 57.8 Å². The van der Waals surface area contributed by atoms with Crippen molar-refractivity contribution in [2.45, 2.75) is 6.42 Å². The minimum atomic E-state index is -0.0722. The largest absolute Gasteiger partial charge is 0.352 e. The quantitative estimate of drug-likeness (QED) is 0.907. The summed E-state index contributed by atoms with van der Waals surface area (Å²) in [4.78, 5) is 18.7. The Morgan fingerprint density at radius 2 is 2.24 bits per heavy atom. The van der Waals surface area contributed by atoms with E-state index in [1.165, 1.54) is 0 Å². The van der Waals surface area contributed by atoms with Gasteiger partial charge in [0.05, 0.1) is 11.9 Å². The van der Waals surface area contributed by atoms with Gasteiger partial charge < -0.3 is 10.3 Å². The molecule has 0 aliphatic rings. The van der Waals surface area contributed by atoms with Crippen LogP contribution in [0.1, 0.15) is 16.1 Å². The first kappa shape index (κ1) is 11.9. The number of carbonyl (C=O) groups excluding carboxylic acids is 1. The van der Waals surface area contributed by atoms with Crippen LogP contribution < -0.4 is 5.32 Å². The molecule has 4 nitrogen and oxygen atoms in total. The molecule has 2 rings (SSSR count). The van der Waals surface area contributed by atoms with Crippen molar-refractivity contribution in [2.75, 3.05) is 6.54 Å². The zero-order chi connectivity index (χ0) is 12.1. The first-order valence-corrected chi connectivity index (χ1v) is 6.06. The van der Waals surface area contributed by atoms with Gasteiger partial charge >= 0.3 is 0 Å².